The number of aromatic nitrogens is 2. The third-order valence-corrected chi connectivity index (χ3v) is 3.65. The van der Waals surface area contributed by atoms with Crippen molar-refractivity contribution in [1.29, 1.82) is 0 Å². The molecule has 0 bridgehead atoms. The molecular formula is C18H18N2. The van der Waals surface area contributed by atoms with E-state index in [9.17, 15) is 0 Å². The highest BCUT2D eigenvalue weighted by Gasteiger charge is 2.10. The van der Waals surface area contributed by atoms with Crippen LogP contribution in [0.3, 0.4) is 0 Å². The fourth-order valence-corrected chi connectivity index (χ4v) is 2.65. The molecule has 100 valence electrons. The van der Waals surface area contributed by atoms with E-state index in [4.69, 9.17) is 0 Å². The number of imidazole rings is 1. The molecule has 0 saturated carbocycles. The molecule has 1 aromatic heterocycles. The molecule has 2 heteroatoms. The maximum Gasteiger partial charge on any atom is 0.0954 e. The lowest BCUT2D eigenvalue weighted by atomic mass is 10.0. The summed E-state index contributed by atoms with van der Waals surface area (Å²) < 4.78 is 2.21. The van der Waals surface area contributed by atoms with Crippen LogP contribution < -0.4 is 0 Å². The number of aryl methyl sites for hydroxylation is 2. The Bertz CT molecular complexity index is 691. The standard InChI is InChI=1S/C18H18N2/c1-14-7-6-8-15(2)18(14)17-11-19-13-20(17)12-16-9-4-3-5-10-16/h3-11,13H,12H2,1-2H3. The van der Waals surface area contributed by atoms with Crippen LogP contribution in [0, 0.1) is 13.8 Å². The molecular weight excluding hydrogens is 244 g/mol. The first-order valence-electron chi connectivity index (χ1n) is 6.86. The highest BCUT2D eigenvalue weighted by Crippen LogP contribution is 2.27. The van der Waals surface area contributed by atoms with Gasteiger partial charge in [0.1, 0.15) is 0 Å². The van der Waals surface area contributed by atoms with Gasteiger partial charge in [-0.2, -0.15) is 0 Å². The zero-order valence-corrected chi connectivity index (χ0v) is 11.9. The average molecular weight is 262 g/mol. The van der Waals surface area contributed by atoms with Crippen molar-refractivity contribution >= 4 is 0 Å². The summed E-state index contributed by atoms with van der Waals surface area (Å²) in [5.41, 5.74) is 6.35. The minimum Gasteiger partial charge on any atom is -0.326 e. The van der Waals surface area contributed by atoms with Gasteiger partial charge < -0.3 is 4.57 Å². The van der Waals surface area contributed by atoms with Gasteiger partial charge in [0.05, 0.1) is 18.2 Å². The first kappa shape index (κ1) is 12.7. The van der Waals surface area contributed by atoms with E-state index in [-0.39, 0.29) is 0 Å². The largest absolute Gasteiger partial charge is 0.326 e. The van der Waals surface area contributed by atoms with Crippen molar-refractivity contribution in [2.24, 2.45) is 0 Å². The first-order valence-corrected chi connectivity index (χ1v) is 6.86. The highest BCUT2D eigenvalue weighted by atomic mass is 15.0. The summed E-state index contributed by atoms with van der Waals surface area (Å²) in [6.45, 7) is 5.16. The van der Waals surface area contributed by atoms with Crippen LogP contribution in [0.1, 0.15) is 16.7 Å². The smallest absolute Gasteiger partial charge is 0.0954 e. The zero-order chi connectivity index (χ0) is 13.9. The van der Waals surface area contributed by atoms with Gasteiger partial charge in [0.2, 0.25) is 0 Å². The SMILES string of the molecule is Cc1cccc(C)c1-c1cncn1Cc1ccccc1. The van der Waals surface area contributed by atoms with E-state index >= 15 is 0 Å². The molecule has 0 N–H and O–H groups in total. The fourth-order valence-electron chi connectivity index (χ4n) is 2.65. The van der Waals surface area contributed by atoms with Crippen molar-refractivity contribution in [3.8, 4) is 11.3 Å². The van der Waals surface area contributed by atoms with E-state index in [1.807, 2.05) is 18.6 Å². The van der Waals surface area contributed by atoms with Crippen molar-refractivity contribution in [3.63, 3.8) is 0 Å². The third-order valence-electron chi connectivity index (χ3n) is 3.65. The Morgan fingerprint density at radius 2 is 1.60 bits per heavy atom. The van der Waals surface area contributed by atoms with E-state index in [1.165, 1.54) is 27.9 Å². The van der Waals surface area contributed by atoms with Gasteiger partial charge in [0.25, 0.3) is 0 Å². The summed E-state index contributed by atoms with van der Waals surface area (Å²) in [5, 5.41) is 0. The first-order chi connectivity index (χ1) is 9.75. The zero-order valence-electron chi connectivity index (χ0n) is 11.9. The second-order valence-corrected chi connectivity index (χ2v) is 5.16. The number of benzene rings is 2. The second-order valence-electron chi connectivity index (χ2n) is 5.16. The molecule has 2 nitrogen and oxygen atoms in total. The summed E-state index contributed by atoms with van der Waals surface area (Å²) in [6.07, 6.45) is 3.87. The van der Waals surface area contributed by atoms with E-state index in [0.29, 0.717) is 0 Å². The number of nitrogens with zero attached hydrogens (tertiary/aromatic N) is 2. The summed E-state index contributed by atoms with van der Waals surface area (Å²) in [7, 11) is 0. The third kappa shape index (κ3) is 2.37. The molecule has 3 aromatic rings. The minimum absolute atomic E-state index is 0.851. The van der Waals surface area contributed by atoms with Crippen LogP contribution in [0.25, 0.3) is 11.3 Å². The molecule has 0 saturated heterocycles. The Hall–Kier alpha value is -2.35. The van der Waals surface area contributed by atoms with Crippen LogP contribution in [-0.2, 0) is 6.54 Å². The number of hydrogen-bond acceptors (Lipinski definition) is 1. The van der Waals surface area contributed by atoms with E-state index in [0.717, 1.165) is 6.54 Å². The Balaban J connectivity index is 2.03. The molecule has 0 radical (unpaired) electrons. The molecule has 2 aromatic carbocycles. The predicted molar refractivity (Wildman–Crippen MR) is 82.7 cm³/mol. The topological polar surface area (TPSA) is 17.8 Å². The van der Waals surface area contributed by atoms with Crippen LogP contribution >= 0.6 is 0 Å². The van der Waals surface area contributed by atoms with Gasteiger partial charge in [-0.1, -0.05) is 48.5 Å². The number of rotatable bonds is 3. The van der Waals surface area contributed by atoms with E-state index in [2.05, 4.69) is 65.9 Å². The molecule has 0 spiro atoms. The van der Waals surface area contributed by atoms with Crippen LogP contribution in [0.15, 0.2) is 61.1 Å². The lowest BCUT2D eigenvalue weighted by molar-refractivity contribution is 0.804. The van der Waals surface area contributed by atoms with E-state index < -0.39 is 0 Å². The summed E-state index contributed by atoms with van der Waals surface area (Å²) >= 11 is 0. The molecule has 20 heavy (non-hydrogen) atoms. The van der Waals surface area contributed by atoms with Gasteiger partial charge in [0, 0.05) is 12.1 Å². The summed E-state index contributed by atoms with van der Waals surface area (Å²) in [6, 6.07) is 16.9. The maximum atomic E-state index is 4.34. The van der Waals surface area contributed by atoms with Crippen LogP contribution in [-0.4, -0.2) is 9.55 Å². The quantitative estimate of drug-likeness (QED) is 0.691. The van der Waals surface area contributed by atoms with Crippen molar-refractivity contribution in [2.75, 3.05) is 0 Å². The van der Waals surface area contributed by atoms with Crippen molar-refractivity contribution in [1.82, 2.24) is 9.55 Å². The molecule has 0 aliphatic rings. The van der Waals surface area contributed by atoms with Gasteiger partial charge in [0.15, 0.2) is 0 Å². The van der Waals surface area contributed by atoms with Gasteiger partial charge in [-0.15, -0.1) is 0 Å². The van der Waals surface area contributed by atoms with Crippen molar-refractivity contribution in [3.05, 3.63) is 77.7 Å². The van der Waals surface area contributed by atoms with Crippen molar-refractivity contribution in [2.45, 2.75) is 20.4 Å². The molecule has 0 aliphatic carbocycles. The molecule has 0 aliphatic heterocycles. The predicted octanol–water partition coefficient (Wildman–Crippen LogP) is 4.22. The normalized spacial score (nSPS) is 10.7. The molecule has 0 fully saturated rings. The van der Waals surface area contributed by atoms with Gasteiger partial charge in [-0.3, -0.25) is 0 Å². The lowest BCUT2D eigenvalue weighted by Crippen LogP contribution is -2.01. The Morgan fingerprint density at radius 1 is 0.900 bits per heavy atom. The Labute approximate surface area is 119 Å². The van der Waals surface area contributed by atoms with Gasteiger partial charge in [-0.25, -0.2) is 4.98 Å². The van der Waals surface area contributed by atoms with Crippen LogP contribution in [0.5, 0.6) is 0 Å². The Kier molecular flexibility index (Phi) is 3.38. The molecule has 0 atom stereocenters. The van der Waals surface area contributed by atoms with Crippen molar-refractivity contribution < 1.29 is 0 Å². The summed E-state index contributed by atoms with van der Waals surface area (Å²) in [4.78, 5) is 4.34. The molecule has 3 rings (SSSR count). The summed E-state index contributed by atoms with van der Waals surface area (Å²) in [5.74, 6) is 0. The molecule has 0 amide bonds. The average Bonchev–Trinajstić information content (AvgIpc) is 2.88. The fraction of sp³-hybridized carbons (Fsp3) is 0.167. The molecule has 1 heterocycles. The van der Waals surface area contributed by atoms with Gasteiger partial charge >= 0.3 is 0 Å². The maximum absolute atomic E-state index is 4.34. The number of hydrogen-bond donors (Lipinski definition) is 0. The second kappa shape index (κ2) is 5.33. The van der Waals surface area contributed by atoms with Gasteiger partial charge in [-0.05, 0) is 30.5 Å². The van der Waals surface area contributed by atoms with Crippen LogP contribution in [0.4, 0.5) is 0 Å². The monoisotopic (exact) mass is 262 g/mol. The Morgan fingerprint density at radius 3 is 2.30 bits per heavy atom. The van der Waals surface area contributed by atoms with E-state index in [1.54, 1.807) is 0 Å². The van der Waals surface area contributed by atoms with Crippen LogP contribution in [0.2, 0.25) is 0 Å². The highest BCUT2D eigenvalue weighted by molar-refractivity contribution is 5.67. The lowest BCUT2D eigenvalue weighted by Gasteiger charge is -2.13. The molecule has 0 unspecified atom stereocenters. The minimum atomic E-state index is 0.851.